The van der Waals surface area contributed by atoms with Crippen LogP contribution < -0.4 is 10.6 Å². The third-order valence-corrected chi connectivity index (χ3v) is 4.68. The predicted octanol–water partition coefficient (Wildman–Crippen LogP) is 2.47. The number of nitrogens with zero attached hydrogens (tertiary/aromatic N) is 1. The summed E-state index contributed by atoms with van der Waals surface area (Å²) in [4.78, 5) is 38.3. The molecule has 3 rings (SSSR count). The Bertz CT molecular complexity index is 870. The lowest BCUT2D eigenvalue weighted by Crippen LogP contribution is -2.43. The number of hydrogen-bond donors (Lipinski definition) is 2. The molecule has 2 aromatic rings. The van der Waals surface area contributed by atoms with Gasteiger partial charge in [0.2, 0.25) is 5.91 Å². The van der Waals surface area contributed by atoms with Crippen LogP contribution in [0.2, 0.25) is 0 Å². The first-order valence-electron chi connectivity index (χ1n) is 8.56. The summed E-state index contributed by atoms with van der Waals surface area (Å²) < 4.78 is 13.0. The molecule has 140 valence electrons. The lowest BCUT2D eigenvalue weighted by atomic mass is 9.92. The van der Waals surface area contributed by atoms with Gasteiger partial charge < -0.3 is 10.6 Å². The zero-order valence-corrected chi connectivity index (χ0v) is 15.0. The van der Waals surface area contributed by atoms with Gasteiger partial charge in [0.1, 0.15) is 17.9 Å². The van der Waals surface area contributed by atoms with Gasteiger partial charge in [-0.2, -0.15) is 0 Å². The van der Waals surface area contributed by atoms with Gasteiger partial charge in [0.25, 0.3) is 5.91 Å². The van der Waals surface area contributed by atoms with Gasteiger partial charge in [0.15, 0.2) is 0 Å². The molecule has 6 nitrogen and oxygen atoms in total. The SMILES string of the molecule is C[C@@H](NC(=O)CN1C(=O)N[C@](C)(c2ccccc2)C1=O)c1ccc(F)cc1. The zero-order chi connectivity index (χ0) is 19.6. The van der Waals surface area contributed by atoms with E-state index in [4.69, 9.17) is 0 Å². The van der Waals surface area contributed by atoms with Crippen molar-refractivity contribution in [2.75, 3.05) is 6.54 Å². The Kier molecular flexibility index (Phi) is 4.94. The van der Waals surface area contributed by atoms with Crippen molar-refractivity contribution in [3.05, 3.63) is 71.5 Å². The standard InChI is InChI=1S/C20H20FN3O3/c1-13(14-8-10-16(21)11-9-14)22-17(25)12-24-18(26)20(2,23-19(24)27)15-6-4-3-5-7-15/h3-11,13H,12H2,1-2H3,(H,22,25)(H,23,27)/t13-,20-/m1/s1. The second-order valence-electron chi connectivity index (χ2n) is 6.65. The molecular formula is C20H20FN3O3. The molecule has 0 bridgehead atoms. The Morgan fingerprint density at radius 1 is 1.15 bits per heavy atom. The summed E-state index contributed by atoms with van der Waals surface area (Å²) in [6.07, 6.45) is 0. The van der Waals surface area contributed by atoms with Crippen LogP contribution in [0.15, 0.2) is 54.6 Å². The molecule has 1 aliphatic heterocycles. The van der Waals surface area contributed by atoms with Crippen LogP contribution in [-0.2, 0) is 15.1 Å². The third kappa shape index (κ3) is 3.67. The molecule has 4 amide bonds. The van der Waals surface area contributed by atoms with Gasteiger partial charge in [0.05, 0.1) is 6.04 Å². The normalized spacial score (nSPS) is 20.3. The molecular weight excluding hydrogens is 349 g/mol. The van der Waals surface area contributed by atoms with Gasteiger partial charge in [-0.1, -0.05) is 42.5 Å². The third-order valence-electron chi connectivity index (χ3n) is 4.68. The largest absolute Gasteiger partial charge is 0.348 e. The molecule has 0 spiro atoms. The summed E-state index contributed by atoms with van der Waals surface area (Å²) in [5.74, 6) is -1.33. The van der Waals surface area contributed by atoms with E-state index in [1.165, 1.54) is 12.1 Å². The molecule has 1 heterocycles. The van der Waals surface area contributed by atoms with Crippen LogP contribution in [0.25, 0.3) is 0 Å². The van der Waals surface area contributed by atoms with Crippen LogP contribution >= 0.6 is 0 Å². The van der Waals surface area contributed by atoms with Crippen molar-refractivity contribution in [1.29, 1.82) is 0 Å². The van der Waals surface area contributed by atoms with E-state index in [0.29, 0.717) is 5.56 Å². The molecule has 0 radical (unpaired) electrons. The number of nitrogens with one attached hydrogen (secondary N) is 2. The van der Waals surface area contributed by atoms with Crippen molar-refractivity contribution in [2.24, 2.45) is 0 Å². The van der Waals surface area contributed by atoms with Crippen LogP contribution in [0.3, 0.4) is 0 Å². The second-order valence-corrected chi connectivity index (χ2v) is 6.65. The van der Waals surface area contributed by atoms with Crippen molar-refractivity contribution >= 4 is 17.8 Å². The fraction of sp³-hybridized carbons (Fsp3) is 0.250. The highest BCUT2D eigenvalue weighted by molar-refractivity contribution is 6.09. The first-order chi connectivity index (χ1) is 12.8. The van der Waals surface area contributed by atoms with E-state index in [1.54, 1.807) is 50.2 Å². The molecule has 0 saturated carbocycles. The number of carbonyl (C=O) groups excluding carboxylic acids is 3. The number of amides is 4. The Labute approximate surface area is 156 Å². The maximum Gasteiger partial charge on any atom is 0.325 e. The number of rotatable bonds is 5. The molecule has 1 aliphatic rings. The summed E-state index contributed by atoms with van der Waals surface area (Å²) in [5.41, 5.74) is 0.156. The van der Waals surface area contributed by atoms with E-state index >= 15 is 0 Å². The molecule has 2 atom stereocenters. The van der Waals surface area contributed by atoms with Gasteiger partial charge in [-0.15, -0.1) is 0 Å². The first kappa shape index (κ1) is 18.6. The summed E-state index contributed by atoms with van der Waals surface area (Å²) in [6, 6.07) is 13.6. The van der Waals surface area contributed by atoms with Gasteiger partial charge in [-0.3, -0.25) is 14.5 Å². The average Bonchev–Trinajstić information content (AvgIpc) is 2.87. The highest BCUT2D eigenvalue weighted by Crippen LogP contribution is 2.28. The van der Waals surface area contributed by atoms with Crippen molar-refractivity contribution < 1.29 is 18.8 Å². The molecule has 1 fully saturated rings. The molecule has 2 N–H and O–H groups in total. The van der Waals surface area contributed by atoms with Crippen molar-refractivity contribution in [2.45, 2.75) is 25.4 Å². The Hall–Kier alpha value is -3.22. The summed E-state index contributed by atoms with van der Waals surface area (Å²) in [5, 5.41) is 5.37. The summed E-state index contributed by atoms with van der Waals surface area (Å²) in [6.45, 7) is 2.96. The monoisotopic (exact) mass is 369 g/mol. The smallest absolute Gasteiger partial charge is 0.325 e. The maximum atomic E-state index is 13.0. The van der Waals surface area contributed by atoms with Gasteiger partial charge in [0, 0.05) is 0 Å². The van der Waals surface area contributed by atoms with Crippen molar-refractivity contribution in [3.8, 4) is 0 Å². The van der Waals surface area contributed by atoms with E-state index in [9.17, 15) is 18.8 Å². The van der Waals surface area contributed by atoms with Crippen molar-refractivity contribution in [3.63, 3.8) is 0 Å². The van der Waals surface area contributed by atoms with Crippen molar-refractivity contribution in [1.82, 2.24) is 15.5 Å². The molecule has 27 heavy (non-hydrogen) atoms. The van der Waals surface area contributed by atoms with E-state index in [0.717, 1.165) is 10.5 Å². The Morgan fingerprint density at radius 2 is 1.78 bits per heavy atom. The number of urea groups is 1. The van der Waals surface area contributed by atoms with E-state index in [2.05, 4.69) is 10.6 Å². The molecule has 0 aromatic heterocycles. The summed E-state index contributed by atoms with van der Waals surface area (Å²) in [7, 11) is 0. The molecule has 0 aliphatic carbocycles. The topological polar surface area (TPSA) is 78.5 Å². The van der Waals surface area contributed by atoms with E-state index in [-0.39, 0.29) is 11.9 Å². The highest BCUT2D eigenvalue weighted by Gasteiger charge is 2.49. The predicted molar refractivity (Wildman–Crippen MR) is 97.0 cm³/mol. The number of benzene rings is 2. The lowest BCUT2D eigenvalue weighted by molar-refractivity contribution is -0.135. The lowest BCUT2D eigenvalue weighted by Gasteiger charge is -2.22. The van der Waals surface area contributed by atoms with E-state index in [1.807, 2.05) is 6.07 Å². The van der Waals surface area contributed by atoms with Crippen LogP contribution in [0.4, 0.5) is 9.18 Å². The van der Waals surface area contributed by atoms with Crippen LogP contribution in [0, 0.1) is 5.82 Å². The fourth-order valence-corrected chi connectivity index (χ4v) is 3.07. The zero-order valence-electron chi connectivity index (χ0n) is 15.0. The highest BCUT2D eigenvalue weighted by atomic mass is 19.1. The minimum Gasteiger partial charge on any atom is -0.348 e. The second kappa shape index (κ2) is 7.19. The number of imide groups is 1. The number of carbonyl (C=O) groups is 3. The molecule has 2 aromatic carbocycles. The minimum absolute atomic E-state index is 0.364. The quantitative estimate of drug-likeness (QED) is 0.795. The maximum absolute atomic E-state index is 13.0. The van der Waals surface area contributed by atoms with E-state index < -0.39 is 29.9 Å². The Balaban J connectivity index is 1.68. The molecule has 0 unspecified atom stereocenters. The molecule has 1 saturated heterocycles. The average molecular weight is 369 g/mol. The van der Waals surface area contributed by atoms with Crippen LogP contribution in [-0.4, -0.2) is 29.3 Å². The number of hydrogen-bond acceptors (Lipinski definition) is 3. The Morgan fingerprint density at radius 3 is 2.41 bits per heavy atom. The van der Waals surface area contributed by atoms with Gasteiger partial charge in [-0.25, -0.2) is 9.18 Å². The first-order valence-corrected chi connectivity index (χ1v) is 8.56. The number of halogens is 1. The fourth-order valence-electron chi connectivity index (χ4n) is 3.07. The van der Waals surface area contributed by atoms with Crippen LogP contribution in [0.1, 0.15) is 31.0 Å². The van der Waals surface area contributed by atoms with Gasteiger partial charge in [-0.05, 0) is 37.1 Å². The summed E-state index contributed by atoms with van der Waals surface area (Å²) >= 11 is 0. The minimum atomic E-state index is -1.21. The van der Waals surface area contributed by atoms with Gasteiger partial charge >= 0.3 is 6.03 Å². The molecule has 7 heteroatoms. The van der Waals surface area contributed by atoms with Crippen LogP contribution in [0.5, 0.6) is 0 Å².